The number of hydrogen-bond acceptors (Lipinski definition) is 3. The lowest BCUT2D eigenvalue weighted by Gasteiger charge is -2.31. The van der Waals surface area contributed by atoms with E-state index in [-0.39, 0.29) is 6.10 Å². The van der Waals surface area contributed by atoms with Crippen LogP contribution in [0.5, 0.6) is 0 Å². The largest absolute Gasteiger partial charge is 0.500 e. The molecule has 0 aliphatic carbocycles. The van der Waals surface area contributed by atoms with Gasteiger partial charge in [-0.2, -0.15) is 0 Å². The van der Waals surface area contributed by atoms with Crippen LogP contribution < -0.4 is 0 Å². The summed E-state index contributed by atoms with van der Waals surface area (Å²) in [4.78, 5) is 0. The Morgan fingerprint density at radius 3 is 1.75 bits per heavy atom. The van der Waals surface area contributed by atoms with E-state index < -0.39 is 8.80 Å². The molecule has 0 radical (unpaired) electrons. The van der Waals surface area contributed by atoms with Crippen LogP contribution in [0.25, 0.3) is 0 Å². The Bertz CT molecular complexity index is 156. The highest BCUT2D eigenvalue weighted by molar-refractivity contribution is 6.60. The van der Waals surface area contributed by atoms with Gasteiger partial charge >= 0.3 is 8.80 Å². The van der Waals surface area contributed by atoms with E-state index in [0.717, 1.165) is 38.5 Å². The molecule has 0 bridgehead atoms. The van der Waals surface area contributed by atoms with Crippen LogP contribution in [0.4, 0.5) is 0 Å². The third-order valence-corrected chi connectivity index (χ3v) is 5.36. The summed E-state index contributed by atoms with van der Waals surface area (Å²) in [5.41, 5.74) is 0. The fraction of sp³-hybridized carbons (Fsp3) is 1.00. The summed E-state index contributed by atoms with van der Waals surface area (Å²) in [5, 5.41) is 0. The summed E-state index contributed by atoms with van der Waals surface area (Å²) < 4.78 is 17.8. The fourth-order valence-electron chi connectivity index (χ4n) is 1.30. The van der Waals surface area contributed by atoms with E-state index in [2.05, 4.69) is 34.6 Å². The van der Waals surface area contributed by atoms with E-state index in [1.54, 1.807) is 0 Å². The summed E-state index contributed by atoms with van der Waals surface area (Å²) in [6, 6.07) is 0.858. The van der Waals surface area contributed by atoms with Gasteiger partial charge in [-0.05, 0) is 26.2 Å². The molecule has 0 N–H and O–H groups in total. The first-order valence-electron chi connectivity index (χ1n) is 6.59. The fourth-order valence-corrected chi connectivity index (χ4v) is 3.91. The van der Waals surface area contributed by atoms with Crippen LogP contribution in [-0.2, 0) is 13.3 Å². The first-order chi connectivity index (χ1) is 7.64. The van der Waals surface area contributed by atoms with Crippen molar-refractivity contribution in [2.24, 2.45) is 0 Å². The van der Waals surface area contributed by atoms with Gasteiger partial charge in [0.15, 0.2) is 0 Å². The quantitative estimate of drug-likeness (QED) is 0.553. The summed E-state index contributed by atoms with van der Waals surface area (Å²) in [6.07, 6.45) is 3.24. The van der Waals surface area contributed by atoms with Gasteiger partial charge in [0.2, 0.25) is 0 Å². The monoisotopic (exact) mass is 248 g/mol. The Kier molecular flexibility index (Phi) is 9.22. The lowest BCUT2D eigenvalue weighted by Crippen LogP contribution is -2.47. The maximum atomic E-state index is 6.04. The van der Waals surface area contributed by atoms with Gasteiger partial charge in [-0.25, -0.2) is 0 Å². The molecule has 16 heavy (non-hydrogen) atoms. The highest BCUT2D eigenvalue weighted by Crippen LogP contribution is 2.19. The molecule has 1 atom stereocenters. The van der Waals surface area contributed by atoms with Crippen LogP contribution in [0.2, 0.25) is 6.04 Å². The van der Waals surface area contributed by atoms with E-state index in [9.17, 15) is 0 Å². The molecule has 98 valence electrons. The second kappa shape index (κ2) is 9.16. The molecule has 4 heteroatoms. The van der Waals surface area contributed by atoms with E-state index in [4.69, 9.17) is 13.3 Å². The maximum absolute atomic E-state index is 6.04. The Morgan fingerprint density at radius 1 is 0.938 bits per heavy atom. The highest BCUT2D eigenvalue weighted by atomic mass is 28.4. The average molecular weight is 248 g/mol. The van der Waals surface area contributed by atoms with Crippen LogP contribution in [0.3, 0.4) is 0 Å². The standard InChI is InChI=1S/C12H28O3Si/c1-6-10-13-16(9-4,14-11-7-2)15-12(5)8-3/h12H,6-11H2,1-5H3. The van der Waals surface area contributed by atoms with Crippen molar-refractivity contribution in [3.63, 3.8) is 0 Å². The van der Waals surface area contributed by atoms with Gasteiger partial charge in [-0.1, -0.05) is 27.7 Å². The lowest BCUT2D eigenvalue weighted by molar-refractivity contribution is 0.0321. The second-order valence-corrected chi connectivity index (χ2v) is 6.96. The van der Waals surface area contributed by atoms with Crippen LogP contribution in [0.15, 0.2) is 0 Å². The average Bonchev–Trinajstić information content (AvgIpc) is 2.32. The zero-order chi connectivity index (χ0) is 12.4. The minimum atomic E-state index is -2.40. The van der Waals surface area contributed by atoms with Gasteiger partial charge in [0, 0.05) is 25.4 Å². The van der Waals surface area contributed by atoms with E-state index in [1.165, 1.54) is 0 Å². The molecule has 0 aromatic heterocycles. The molecule has 0 aromatic carbocycles. The predicted octanol–water partition coefficient (Wildman–Crippen LogP) is 3.61. The highest BCUT2D eigenvalue weighted by Gasteiger charge is 2.40. The minimum Gasteiger partial charge on any atom is -0.373 e. The van der Waals surface area contributed by atoms with Crippen LogP contribution in [-0.4, -0.2) is 28.1 Å². The molecule has 0 fully saturated rings. The van der Waals surface area contributed by atoms with Crippen LogP contribution in [0.1, 0.15) is 53.9 Å². The molecule has 0 aliphatic rings. The van der Waals surface area contributed by atoms with Gasteiger partial charge in [-0.3, -0.25) is 0 Å². The molecular weight excluding hydrogens is 220 g/mol. The van der Waals surface area contributed by atoms with E-state index >= 15 is 0 Å². The maximum Gasteiger partial charge on any atom is 0.500 e. The van der Waals surface area contributed by atoms with Gasteiger partial charge in [0.1, 0.15) is 0 Å². The summed E-state index contributed by atoms with van der Waals surface area (Å²) in [6.45, 7) is 12.0. The molecular formula is C12H28O3Si. The van der Waals surface area contributed by atoms with Gasteiger partial charge < -0.3 is 13.3 Å². The molecule has 1 unspecified atom stereocenters. The van der Waals surface area contributed by atoms with Crippen LogP contribution in [0, 0.1) is 0 Å². The molecule has 0 aromatic rings. The molecule has 0 amide bonds. The minimum absolute atomic E-state index is 0.223. The molecule has 0 rings (SSSR count). The van der Waals surface area contributed by atoms with Crippen molar-refractivity contribution in [3.05, 3.63) is 0 Å². The molecule has 0 heterocycles. The third-order valence-electron chi connectivity index (χ3n) is 2.44. The first-order valence-corrected chi connectivity index (χ1v) is 8.52. The Balaban J connectivity index is 4.39. The zero-order valence-corrected chi connectivity index (χ0v) is 12.5. The van der Waals surface area contributed by atoms with Gasteiger partial charge in [-0.15, -0.1) is 0 Å². The smallest absolute Gasteiger partial charge is 0.373 e. The first kappa shape index (κ1) is 16.1. The Morgan fingerprint density at radius 2 is 1.44 bits per heavy atom. The van der Waals surface area contributed by atoms with Crippen molar-refractivity contribution in [1.29, 1.82) is 0 Å². The Hall–Kier alpha value is 0.0969. The number of hydrogen-bond donors (Lipinski definition) is 0. The van der Waals surface area contributed by atoms with E-state index in [0.29, 0.717) is 0 Å². The normalized spacial score (nSPS) is 14.1. The van der Waals surface area contributed by atoms with Gasteiger partial charge in [0.25, 0.3) is 0 Å². The van der Waals surface area contributed by atoms with E-state index in [1.807, 2.05) is 0 Å². The third kappa shape index (κ3) is 5.99. The molecule has 0 aliphatic heterocycles. The molecule has 0 saturated carbocycles. The SMILES string of the molecule is CCCO[Si](CC)(OCCC)OC(C)CC. The molecule has 0 saturated heterocycles. The lowest BCUT2D eigenvalue weighted by atomic mass is 10.3. The van der Waals surface area contributed by atoms with Crippen molar-refractivity contribution in [2.75, 3.05) is 13.2 Å². The van der Waals surface area contributed by atoms with Crippen molar-refractivity contribution in [3.8, 4) is 0 Å². The zero-order valence-electron chi connectivity index (χ0n) is 11.5. The van der Waals surface area contributed by atoms with Crippen LogP contribution >= 0.6 is 0 Å². The molecule has 0 spiro atoms. The second-order valence-electron chi connectivity index (χ2n) is 4.07. The number of rotatable bonds is 10. The molecule has 3 nitrogen and oxygen atoms in total. The van der Waals surface area contributed by atoms with Crippen molar-refractivity contribution >= 4 is 8.80 Å². The van der Waals surface area contributed by atoms with Crippen molar-refractivity contribution in [2.45, 2.75) is 66.0 Å². The predicted molar refractivity (Wildman–Crippen MR) is 69.6 cm³/mol. The topological polar surface area (TPSA) is 27.7 Å². The van der Waals surface area contributed by atoms with Crippen molar-refractivity contribution < 1.29 is 13.3 Å². The summed E-state index contributed by atoms with van der Waals surface area (Å²) >= 11 is 0. The van der Waals surface area contributed by atoms with Gasteiger partial charge in [0.05, 0.1) is 0 Å². The summed E-state index contributed by atoms with van der Waals surface area (Å²) in [5.74, 6) is 0. The van der Waals surface area contributed by atoms with Crippen molar-refractivity contribution in [1.82, 2.24) is 0 Å². The summed E-state index contributed by atoms with van der Waals surface area (Å²) in [7, 11) is -2.40. The Labute approximate surface area is 102 Å².